The summed E-state index contributed by atoms with van der Waals surface area (Å²) in [4.78, 5) is 0. The Morgan fingerprint density at radius 1 is 0.500 bits per heavy atom. The molecule has 28 heavy (non-hydrogen) atoms. The number of unbranched alkanes of at least 4 members (excludes halogenated alkanes) is 9. The lowest BCUT2D eigenvalue weighted by molar-refractivity contribution is 0.556. The fraction of sp³-hybridized carbons (Fsp3) is 0.429. The first kappa shape index (κ1) is 20.6. The summed E-state index contributed by atoms with van der Waals surface area (Å²) in [5.41, 5.74) is 4.29. The van der Waals surface area contributed by atoms with E-state index in [9.17, 15) is 0 Å². The molecule has 0 unspecified atom stereocenters. The molecule has 0 aromatic heterocycles. The van der Waals surface area contributed by atoms with Crippen molar-refractivity contribution in [1.82, 2.24) is 0 Å². The molecule has 3 aromatic carbocycles. The second-order valence-corrected chi connectivity index (χ2v) is 8.12. The monoisotopic (exact) mass is 372 g/mol. The highest BCUT2D eigenvalue weighted by Crippen LogP contribution is 2.31. The first-order valence-electron chi connectivity index (χ1n) is 11.5. The van der Waals surface area contributed by atoms with Crippen molar-refractivity contribution < 1.29 is 0 Å². The van der Waals surface area contributed by atoms with E-state index in [2.05, 4.69) is 73.7 Å². The molecule has 0 fully saturated rings. The minimum absolute atomic E-state index is 1.19. The van der Waals surface area contributed by atoms with Gasteiger partial charge in [-0.05, 0) is 40.3 Å². The van der Waals surface area contributed by atoms with Crippen LogP contribution in [0, 0.1) is 0 Å². The average Bonchev–Trinajstić information content (AvgIpc) is 2.75. The predicted molar refractivity (Wildman–Crippen MR) is 125 cm³/mol. The topological polar surface area (TPSA) is 0 Å². The van der Waals surface area contributed by atoms with E-state index in [0.29, 0.717) is 0 Å². The smallest absolute Gasteiger partial charge is 0.0103 e. The molecule has 0 N–H and O–H groups in total. The number of aryl methyl sites for hydroxylation is 1. The number of rotatable bonds is 12. The summed E-state index contributed by atoms with van der Waals surface area (Å²) in [6.07, 6.45) is 15.2. The van der Waals surface area contributed by atoms with Crippen molar-refractivity contribution in [3.63, 3.8) is 0 Å². The maximum atomic E-state index is 2.32. The van der Waals surface area contributed by atoms with Gasteiger partial charge in [0.2, 0.25) is 0 Å². The minimum Gasteiger partial charge on any atom is -0.0654 e. The second-order valence-electron chi connectivity index (χ2n) is 8.12. The van der Waals surface area contributed by atoms with Gasteiger partial charge in [-0.3, -0.25) is 0 Å². The summed E-state index contributed by atoms with van der Waals surface area (Å²) in [6.45, 7) is 2.29. The zero-order valence-corrected chi connectivity index (χ0v) is 17.6. The van der Waals surface area contributed by atoms with Crippen LogP contribution in [-0.4, -0.2) is 0 Å². The first-order valence-corrected chi connectivity index (χ1v) is 11.5. The Hall–Kier alpha value is -2.08. The fourth-order valence-corrected chi connectivity index (χ4v) is 4.26. The molecule has 3 aromatic rings. The van der Waals surface area contributed by atoms with Crippen molar-refractivity contribution in [2.24, 2.45) is 0 Å². The molecule has 0 heteroatoms. The van der Waals surface area contributed by atoms with Gasteiger partial charge in [0.25, 0.3) is 0 Å². The molecular formula is C28H36. The lowest BCUT2D eigenvalue weighted by Crippen LogP contribution is -1.92. The van der Waals surface area contributed by atoms with E-state index < -0.39 is 0 Å². The van der Waals surface area contributed by atoms with E-state index in [1.165, 1.54) is 98.1 Å². The Morgan fingerprint density at radius 3 is 1.86 bits per heavy atom. The van der Waals surface area contributed by atoms with Gasteiger partial charge in [0.1, 0.15) is 0 Å². The third kappa shape index (κ3) is 5.96. The Balaban J connectivity index is 1.51. The number of fused-ring (bicyclic) bond motifs is 1. The van der Waals surface area contributed by atoms with E-state index >= 15 is 0 Å². The van der Waals surface area contributed by atoms with Gasteiger partial charge < -0.3 is 0 Å². The number of benzene rings is 3. The van der Waals surface area contributed by atoms with Crippen LogP contribution in [0.1, 0.15) is 76.7 Å². The van der Waals surface area contributed by atoms with Crippen molar-refractivity contribution in [3.8, 4) is 11.1 Å². The van der Waals surface area contributed by atoms with E-state index in [0.717, 1.165) is 0 Å². The number of hydrogen-bond acceptors (Lipinski definition) is 0. The third-order valence-electron chi connectivity index (χ3n) is 5.90. The van der Waals surface area contributed by atoms with Crippen LogP contribution in [0.5, 0.6) is 0 Å². The molecule has 0 bridgehead atoms. The largest absolute Gasteiger partial charge is 0.0654 e. The summed E-state index contributed by atoms with van der Waals surface area (Å²) in [6, 6.07) is 24.4. The second kappa shape index (κ2) is 11.7. The van der Waals surface area contributed by atoms with E-state index in [1.54, 1.807) is 0 Å². The van der Waals surface area contributed by atoms with Crippen molar-refractivity contribution in [1.29, 1.82) is 0 Å². The van der Waals surface area contributed by atoms with Gasteiger partial charge in [-0.25, -0.2) is 0 Å². The van der Waals surface area contributed by atoms with Gasteiger partial charge in [0.05, 0.1) is 0 Å². The fourth-order valence-electron chi connectivity index (χ4n) is 4.26. The average molecular weight is 373 g/mol. The van der Waals surface area contributed by atoms with Gasteiger partial charge in [-0.15, -0.1) is 0 Å². The van der Waals surface area contributed by atoms with Crippen LogP contribution >= 0.6 is 0 Å². The molecule has 0 saturated heterocycles. The molecule has 0 aliphatic carbocycles. The first-order chi connectivity index (χ1) is 13.9. The molecule has 0 aliphatic rings. The van der Waals surface area contributed by atoms with Crippen LogP contribution < -0.4 is 0 Å². The van der Waals surface area contributed by atoms with Crippen LogP contribution in [0.2, 0.25) is 0 Å². The van der Waals surface area contributed by atoms with E-state index in [1.807, 2.05) is 0 Å². The molecular weight excluding hydrogens is 336 g/mol. The summed E-state index contributed by atoms with van der Waals surface area (Å²) in [5, 5.41) is 2.69. The third-order valence-corrected chi connectivity index (χ3v) is 5.90. The van der Waals surface area contributed by atoms with Crippen molar-refractivity contribution in [3.05, 3.63) is 72.3 Å². The Kier molecular flexibility index (Phi) is 8.62. The molecule has 3 rings (SSSR count). The zero-order valence-electron chi connectivity index (χ0n) is 17.6. The summed E-state index contributed by atoms with van der Waals surface area (Å²) < 4.78 is 0. The van der Waals surface area contributed by atoms with E-state index in [4.69, 9.17) is 0 Å². The van der Waals surface area contributed by atoms with Gasteiger partial charge >= 0.3 is 0 Å². The molecule has 0 radical (unpaired) electrons. The highest BCUT2D eigenvalue weighted by atomic mass is 14.1. The van der Waals surface area contributed by atoms with Crippen LogP contribution in [0.15, 0.2) is 66.7 Å². The molecule has 0 aliphatic heterocycles. The summed E-state index contributed by atoms with van der Waals surface area (Å²) in [5.74, 6) is 0. The Bertz CT molecular complexity index is 825. The van der Waals surface area contributed by atoms with Crippen LogP contribution in [0.4, 0.5) is 0 Å². The van der Waals surface area contributed by atoms with Gasteiger partial charge in [-0.1, -0.05) is 131 Å². The van der Waals surface area contributed by atoms with Crippen LogP contribution in [0.3, 0.4) is 0 Å². The zero-order chi connectivity index (χ0) is 19.4. The standard InChI is InChI=1S/C28H36/c1-2-3-4-5-6-7-8-9-10-11-17-24-18-12-14-21-26(24)28-23-16-20-25-19-13-15-22-27(25)28/h12-16,18-23H,2-11,17H2,1H3. The van der Waals surface area contributed by atoms with Crippen molar-refractivity contribution in [2.75, 3.05) is 0 Å². The number of hydrogen-bond donors (Lipinski definition) is 0. The highest BCUT2D eigenvalue weighted by molar-refractivity contribution is 5.97. The summed E-state index contributed by atoms with van der Waals surface area (Å²) in [7, 11) is 0. The van der Waals surface area contributed by atoms with Gasteiger partial charge in [-0.2, -0.15) is 0 Å². The maximum Gasteiger partial charge on any atom is -0.0103 e. The molecule has 148 valence electrons. The lowest BCUT2D eigenvalue weighted by Gasteiger charge is -2.12. The predicted octanol–water partition coefficient (Wildman–Crippen LogP) is 8.97. The summed E-state index contributed by atoms with van der Waals surface area (Å²) >= 11 is 0. The molecule has 0 saturated carbocycles. The molecule has 0 nitrogen and oxygen atoms in total. The highest BCUT2D eigenvalue weighted by Gasteiger charge is 2.08. The normalized spacial score (nSPS) is 11.2. The Morgan fingerprint density at radius 2 is 1.07 bits per heavy atom. The van der Waals surface area contributed by atoms with E-state index in [-0.39, 0.29) is 0 Å². The SMILES string of the molecule is CCCCCCCCCCCCc1ccccc1-c1cccc2ccccc12. The molecule has 0 amide bonds. The van der Waals surface area contributed by atoms with Crippen LogP contribution in [0.25, 0.3) is 21.9 Å². The maximum absolute atomic E-state index is 2.32. The lowest BCUT2D eigenvalue weighted by atomic mass is 9.92. The molecule has 0 spiro atoms. The van der Waals surface area contributed by atoms with Gasteiger partial charge in [0, 0.05) is 0 Å². The molecule has 0 atom stereocenters. The van der Waals surface area contributed by atoms with Crippen molar-refractivity contribution >= 4 is 10.8 Å². The molecule has 0 heterocycles. The minimum atomic E-state index is 1.19. The Labute approximate surface area is 172 Å². The van der Waals surface area contributed by atoms with Crippen LogP contribution in [-0.2, 0) is 6.42 Å². The quantitative estimate of drug-likeness (QED) is 0.278. The van der Waals surface area contributed by atoms with Crippen molar-refractivity contribution in [2.45, 2.75) is 77.6 Å². The van der Waals surface area contributed by atoms with Gasteiger partial charge in [0.15, 0.2) is 0 Å².